The first-order valence-electron chi connectivity index (χ1n) is 8.43. The number of carbonyl (C=O) groups excluding carboxylic acids is 1. The van der Waals surface area contributed by atoms with Gasteiger partial charge in [-0.05, 0) is 54.6 Å². The third-order valence-corrected chi connectivity index (χ3v) is 4.98. The van der Waals surface area contributed by atoms with Gasteiger partial charge in [-0.15, -0.1) is 0 Å². The van der Waals surface area contributed by atoms with E-state index in [1.165, 1.54) is 23.1 Å². The van der Waals surface area contributed by atoms with Crippen LogP contribution in [-0.4, -0.2) is 40.7 Å². The minimum absolute atomic E-state index is 0.110. The Bertz CT molecular complexity index is 1000. The van der Waals surface area contributed by atoms with E-state index < -0.39 is 5.97 Å². The molecule has 0 atom stereocenters. The summed E-state index contributed by atoms with van der Waals surface area (Å²) in [7, 11) is 1.57. The molecule has 28 heavy (non-hydrogen) atoms. The highest BCUT2D eigenvalue weighted by Gasteiger charge is 2.30. The zero-order chi connectivity index (χ0) is 20.3. The monoisotopic (exact) mass is 397 g/mol. The Hall–Kier alpha value is -3.26. The van der Waals surface area contributed by atoms with Crippen molar-refractivity contribution in [1.29, 1.82) is 0 Å². The second-order valence-electron chi connectivity index (χ2n) is 5.83. The molecule has 0 aliphatic carbocycles. The van der Waals surface area contributed by atoms with Crippen LogP contribution < -0.4 is 9.84 Å². The molecule has 0 spiro atoms. The summed E-state index contributed by atoms with van der Waals surface area (Å²) in [5.41, 5.74) is 0.883. The molecule has 2 aromatic rings. The molecule has 1 amide bonds. The van der Waals surface area contributed by atoms with Crippen molar-refractivity contribution >= 4 is 40.6 Å². The van der Waals surface area contributed by atoms with Gasteiger partial charge >= 0.3 is 5.97 Å². The number of hydrogen-bond donors (Lipinski definition) is 1. The van der Waals surface area contributed by atoms with Crippen molar-refractivity contribution in [3.8, 4) is 11.5 Å². The van der Waals surface area contributed by atoms with E-state index in [1.807, 2.05) is 0 Å². The first-order valence-corrected chi connectivity index (χ1v) is 9.25. The summed E-state index contributed by atoms with van der Waals surface area (Å²) in [5, 5.41) is 21.9. The number of carboxylic acids is 1. The number of aromatic carboxylic acids is 1. The number of hydrogen-bond acceptors (Lipinski definition) is 6. The number of nitrogens with zero attached hydrogens (tertiary/aromatic N) is 2. The molecular weight excluding hydrogens is 380 g/mol. The Morgan fingerprint density at radius 1 is 1.32 bits per heavy atom. The van der Waals surface area contributed by atoms with Crippen LogP contribution >= 0.6 is 11.8 Å². The van der Waals surface area contributed by atoms with Gasteiger partial charge in [0.25, 0.3) is 5.91 Å². The highest BCUT2D eigenvalue weighted by molar-refractivity contribution is 8.18. The first kappa shape index (κ1) is 19.5. The second kappa shape index (κ2) is 8.18. The van der Waals surface area contributed by atoms with Crippen LogP contribution in [0.1, 0.15) is 22.8 Å². The predicted octanol–water partition coefficient (Wildman–Crippen LogP) is 3.09. The molecule has 1 aliphatic rings. The zero-order valence-electron chi connectivity index (χ0n) is 15.2. The fraction of sp³-hybridized carbons (Fsp3) is 0.150. The second-order valence-corrected chi connectivity index (χ2v) is 6.84. The summed E-state index contributed by atoms with van der Waals surface area (Å²) >= 11 is 1.12. The van der Waals surface area contributed by atoms with Gasteiger partial charge in [-0.25, -0.2) is 9.79 Å². The van der Waals surface area contributed by atoms with Crippen LogP contribution in [-0.2, 0) is 4.79 Å². The molecule has 1 N–H and O–H groups in total. The molecule has 2 aromatic carbocycles. The summed E-state index contributed by atoms with van der Waals surface area (Å²) in [4.78, 5) is 29.7. The van der Waals surface area contributed by atoms with E-state index in [1.54, 1.807) is 44.3 Å². The van der Waals surface area contributed by atoms with Gasteiger partial charge in [-0.1, -0.05) is 23.9 Å². The number of benzene rings is 2. The lowest BCUT2D eigenvalue weighted by molar-refractivity contribution is -0.270. The number of amides is 1. The van der Waals surface area contributed by atoms with E-state index in [0.717, 1.165) is 11.8 Å². The number of rotatable bonds is 5. The Morgan fingerprint density at radius 2 is 2.07 bits per heavy atom. The lowest BCUT2D eigenvalue weighted by Crippen LogP contribution is -2.23. The topological polar surface area (TPSA) is 102 Å². The SMILES string of the molecule is CCOc1cccc(/C=C2/SC(=Nc3cccc(C(=O)O)c3)N(C)C2=O)c1[O-]. The Labute approximate surface area is 166 Å². The molecule has 7 nitrogen and oxygen atoms in total. The highest BCUT2D eigenvalue weighted by atomic mass is 32.2. The van der Waals surface area contributed by atoms with Crippen molar-refractivity contribution < 1.29 is 24.5 Å². The molecule has 0 unspecified atom stereocenters. The van der Waals surface area contributed by atoms with E-state index in [9.17, 15) is 14.7 Å². The number of likely N-dealkylation sites (N-methyl/N-ethyl adjacent to an activating group) is 1. The third-order valence-electron chi connectivity index (χ3n) is 3.92. The molecule has 0 aromatic heterocycles. The normalized spacial score (nSPS) is 16.8. The summed E-state index contributed by atoms with van der Waals surface area (Å²) in [6.07, 6.45) is 1.52. The van der Waals surface area contributed by atoms with Crippen LogP contribution in [0.3, 0.4) is 0 Å². The number of carbonyl (C=O) groups is 2. The van der Waals surface area contributed by atoms with Crippen LogP contribution in [0.25, 0.3) is 6.08 Å². The number of ether oxygens (including phenoxy) is 1. The van der Waals surface area contributed by atoms with Crippen LogP contribution in [0.2, 0.25) is 0 Å². The minimum Gasteiger partial charge on any atom is -0.870 e. The smallest absolute Gasteiger partial charge is 0.335 e. The van der Waals surface area contributed by atoms with Crippen molar-refractivity contribution in [2.45, 2.75) is 6.92 Å². The van der Waals surface area contributed by atoms with E-state index >= 15 is 0 Å². The van der Waals surface area contributed by atoms with E-state index in [0.29, 0.717) is 27.9 Å². The minimum atomic E-state index is -1.05. The number of para-hydroxylation sites is 1. The van der Waals surface area contributed by atoms with E-state index in [2.05, 4.69) is 4.99 Å². The summed E-state index contributed by atoms with van der Waals surface area (Å²) < 4.78 is 5.30. The van der Waals surface area contributed by atoms with Crippen LogP contribution in [0, 0.1) is 0 Å². The number of carboxylic acid groups (broad SMARTS) is 1. The van der Waals surface area contributed by atoms with Crippen LogP contribution in [0.4, 0.5) is 5.69 Å². The third kappa shape index (κ3) is 4.01. The molecular formula is C20H17N2O5S-. The average Bonchev–Trinajstić information content (AvgIpc) is 2.93. The molecule has 144 valence electrons. The average molecular weight is 397 g/mol. The zero-order valence-corrected chi connectivity index (χ0v) is 16.0. The van der Waals surface area contributed by atoms with Crippen LogP contribution in [0.15, 0.2) is 52.4 Å². The Kier molecular flexibility index (Phi) is 5.70. The van der Waals surface area contributed by atoms with Crippen molar-refractivity contribution in [2.24, 2.45) is 4.99 Å². The highest BCUT2D eigenvalue weighted by Crippen LogP contribution is 2.36. The maximum Gasteiger partial charge on any atom is 0.335 e. The van der Waals surface area contributed by atoms with Gasteiger partial charge in [0.1, 0.15) is 5.75 Å². The lowest BCUT2D eigenvalue weighted by Gasteiger charge is -2.16. The Balaban J connectivity index is 1.92. The molecule has 1 fully saturated rings. The van der Waals surface area contributed by atoms with Crippen molar-refractivity contribution in [3.05, 3.63) is 58.5 Å². The summed E-state index contributed by atoms with van der Waals surface area (Å²) in [6, 6.07) is 11.0. The molecule has 8 heteroatoms. The molecule has 1 heterocycles. The van der Waals surface area contributed by atoms with Gasteiger partial charge in [0.05, 0.1) is 22.8 Å². The molecule has 1 saturated heterocycles. The quantitative estimate of drug-likeness (QED) is 0.778. The van der Waals surface area contributed by atoms with E-state index in [4.69, 9.17) is 9.84 Å². The van der Waals surface area contributed by atoms with Gasteiger partial charge in [-0.3, -0.25) is 9.69 Å². The van der Waals surface area contributed by atoms with Gasteiger partial charge in [0, 0.05) is 7.05 Å². The maximum absolute atomic E-state index is 12.5. The maximum atomic E-state index is 12.5. The molecule has 0 radical (unpaired) electrons. The molecule has 1 aliphatic heterocycles. The fourth-order valence-corrected chi connectivity index (χ4v) is 3.51. The van der Waals surface area contributed by atoms with Gasteiger partial charge < -0.3 is 14.9 Å². The predicted molar refractivity (Wildman–Crippen MR) is 106 cm³/mol. The largest absolute Gasteiger partial charge is 0.870 e. The van der Waals surface area contributed by atoms with Gasteiger partial charge in [0.2, 0.25) is 0 Å². The summed E-state index contributed by atoms with van der Waals surface area (Å²) in [6.45, 7) is 2.16. The fourth-order valence-electron chi connectivity index (χ4n) is 2.53. The van der Waals surface area contributed by atoms with E-state index in [-0.39, 0.29) is 23.0 Å². The number of aliphatic imine (C=N–C) groups is 1. The molecule has 3 rings (SSSR count). The van der Waals surface area contributed by atoms with Gasteiger partial charge in [0.15, 0.2) is 5.17 Å². The first-order chi connectivity index (χ1) is 13.4. The number of thioether (sulfide) groups is 1. The number of amidine groups is 1. The van der Waals surface area contributed by atoms with Gasteiger partial charge in [-0.2, -0.15) is 0 Å². The molecule has 0 saturated carbocycles. The molecule has 0 bridgehead atoms. The van der Waals surface area contributed by atoms with Crippen LogP contribution in [0.5, 0.6) is 11.5 Å². The van der Waals surface area contributed by atoms with Crippen molar-refractivity contribution in [2.75, 3.05) is 13.7 Å². The van der Waals surface area contributed by atoms with Crippen molar-refractivity contribution in [3.63, 3.8) is 0 Å². The lowest BCUT2D eigenvalue weighted by atomic mass is 10.1. The van der Waals surface area contributed by atoms with Crippen molar-refractivity contribution in [1.82, 2.24) is 4.90 Å². The Morgan fingerprint density at radius 3 is 2.79 bits per heavy atom. The summed E-state index contributed by atoms with van der Waals surface area (Å²) in [5.74, 6) is -1.39. The standard InChI is InChI=1S/C20H18N2O5S/c1-3-27-15-9-5-6-12(17(15)23)11-16-18(24)22(2)20(28-16)21-14-8-4-7-13(10-14)19(25)26/h4-11,23H,3H2,1-2H3,(H,25,26)/p-1/b16-11+,21-20?.